The van der Waals surface area contributed by atoms with Gasteiger partial charge in [-0.1, -0.05) is 30.3 Å². The molecular formula is C23H22N2O3. The number of ether oxygens (including phenoxy) is 1. The molecule has 0 bridgehead atoms. The van der Waals surface area contributed by atoms with Gasteiger partial charge < -0.3 is 15.0 Å². The van der Waals surface area contributed by atoms with Crippen molar-refractivity contribution in [1.82, 2.24) is 0 Å². The number of hydrogen-bond acceptors (Lipinski definition) is 4. The van der Waals surface area contributed by atoms with Gasteiger partial charge >= 0.3 is 5.97 Å². The molecule has 0 atom stereocenters. The summed E-state index contributed by atoms with van der Waals surface area (Å²) in [5.41, 5.74) is 3.55. The summed E-state index contributed by atoms with van der Waals surface area (Å²) >= 11 is 0. The van der Waals surface area contributed by atoms with Crippen LogP contribution in [0.25, 0.3) is 0 Å². The van der Waals surface area contributed by atoms with Crippen molar-refractivity contribution in [3.8, 4) is 0 Å². The van der Waals surface area contributed by atoms with Gasteiger partial charge in [-0.25, -0.2) is 4.79 Å². The summed E-state index contributed by atoms with van der Waals surface area (Å²) in [5.74, 6) is -0.674. The molecule has 3 aromatic carbocycles. The summed E-state index contributed by atoms with van der Waals surface area (Å²) in [6.45, 7) is 2.82. The molecule has 5 heteroatoms. The van der Waals surface area contributed by atoms with E-state index in [9.17, 15) is 9.59 Å². The van der Waals surface area contributed by atoms with Crippen molar-refractivity contribution in [2.45, 2.75) is 6.92 Å². The molecule has 1 N–H and O–H groups in total. The van der Waals surface area contributed by atoms with Crippen LogP contribution in [0.2, 0.25) is 0 Å². The molecule has 5 nitrogen and oxygen atoms in total. The third-order valence-corrected chi connectivity index (χ3v) is 4.40. The zero-order valence-electron chi connectivity index (χ0n) is 15.9. The van der Waals surface area contributed by atoms with Crippen molar-refractivity contribution in [2.24, 2.45) is 0 Å². The number of nitrogens with one attached hydrogen (secondary N) is 1. The van der Waals surface area contributed by atoms with E-state index in [0.29, 0.717) is 11.1 Å². The number of carbonyl (C=O) groups is 2. The fourth-order valence-electron chi connectivity index (χ4n) is 2.98. The monoisotopic (exact) mass is 374 g/mol. The number of esters is 1. The fourth-order valence-corrected chi connectivity index (χ4v) is 2.98. The highest BCUT2D eigenvalue weighted by atomic mass is 16.5. The zero-order chi connectivity index (χ0) is 19.9. The summed E-state index contributed by atoms with van der Waals surface area (Å²) in [5, 5.41) is 2.98. The second kappa shape index (κ2) is 8.86. The van der Waals surface area contributed by atoms with Gasteiger partial charge in [0, 0.05) is 17.8 Å². The van der Waals surface area contributed by atoms with Crippen LogP contribution in [-0.4, -0.2) is 25.5 Å². The van der Waals surface area contributed by atoms with Gasteiger partial charge in [0.05, 0.1) is 24.0 Å². The Morgan fingerprint density at radius 1 is 0.857 bits per heavy atom. The molecular weight excluding hydrogens is 352 g/mol. The van der Waals surface area contributed by atoms with Gasteiger partial charge in [-0.2, -0.15) is 0 Å². The first-order valence-corrected chi connectivity index (χ1v) is 9.05. The number of rotatable bonds is 6. The molecule has 142 valence electrons. The van der Waals surface area contributed by atoms with Gasteiger partial charge in [0.2, 0.25) is 0 Å². The molecule has 0 aromatic heterocycles. The second-order valence-corrected chi connectivity index (χ2v) is 6.12. The van der Waals surface area contributed by atoms with Crippen molar-refractivity contribution in [3.63, 3.8) is 0 Å². The van der Waals surface area contributed by atoms with Gasteiger partial charge in [-0.3, -0.25) is 4.79 Å². The standard InChI is InChI=1S/C23H22N2O3/c1-3-25(19-9-5-4-6-10-19)21-12-8-7-11-20(21)24-22(26)17-13-15-18(16-14-17)23(27)28-2/h4-16H,3H2,1-2H3,(H,24,26). The first-order valence-electron chi connectivity index (χ1n) is 9.05. The van der Waals surface area contributed by atoms with Crippen LogP contribution in [-0.2, 0) is 4.74 Å². The van der Waals surface area contributed by atoms with Gasteiger partial charge in [-0.15, -0.1) is 0 Å². The predicted molar refractivity (Wildman–Crippen MR) is 111 cm³/mol. The lowest BCUT2D eigenvalue weighted by atomic mass is 10.1. The van der Waals surface area contributed by atoms with E-state index in [0.717, 1.165) is 23.6 Å². The van der Waals surface area contributed by atoms with Crippen LogP contribution >= 0.6 is 0 Å². The van der Waals surface area contributed by atoms with Crippen molar-refractivity contribution < 1.29 is 14.3 Å². The number of carbonyl (C=O) groups excluding carboxylic acids is 2. The molecule has 28 heavy (non-hydrogen) atoms. The average Bonchev–Trinajstić information content (AvgIpc) is 2.75. The minimum atomic E-state index is -0.432. The summed E-state index contributed by atoms with van der Waals surface area (Å²) in [4.78, 5) is 26.4. The third-order valence-electron chi connectivity index (χ3n) is 4.40. The Labute approximate surface area is 164 Å². The van der Waals surface area contributed by atoms with Crippen LogP contribution in [0.4, 0.5) is 17.1 Å². The van der Waals surface area contributed by atoms with E-state index in [1.54, 1.807) is 24.3 Å². The maximum absolute atomic E-state index is 12.7. The van der Waals surface area contributed by atoms with Crippen LogP contribution in [0.1, 0.15) is 27.6 Å². The number of amides is 1. The summed E-state index contributed by atoms with van der Waals surface area (Å²) in [7, 11) is 1.33. The van der Waals surface area contributed by atoms with Gasteiger partial charge in [-0.05, 0) is 55.5 Å². The van der Waals surface area contributed by atoms with Crippen molar-refractivity contribution in [2.75, 3.05) is 23.9 Å². The maximum Gasteiger partial charge on any atom is 0.337 e. The molecule has 0 radical (unpaired) electrons. The van der Waals surface area contributed by atoms with Crippen molar-refractivity contribution in [1.29, 1.82) is 0 Å². The number of methoxy groups -OCH3 is 1. The molecule has 3 aromatic rings. The van der Waals surface area contributed by atoms with Gasteiger partial charge in [0.1, 0.15) is 0 Å². The lowest BCUT2D eigenvalue weighted by Gasteiger charge is -2.26. The highest BCUT2D eigenvalue weighted by Gasteiger charge is 2.15. The molecule has 0 aliphatic rings. The van der Waals surface area contributed by atoms with E-state index < -0.39 is 5.97 Å². The number of benzene rings is 3. The first-order chi connectivity index (χ1) is 13.6. The summed E-state index contributed by atoms with van der Waals surface area (Å²) in [6, 6.07) is 24.1. The smallest absolute Gasteiger partial charge is 0.337 e. The summed E-state index contributed by atoms with van der Waals surface area (Å²) < 4.78 is 4.68. The first kappa shape index (κ1) is 19.2. The third kappa shape index (κ3) is 4.20. The maximum atomic E-state index is 12.7. The topological polar surface area (TPSA) is 58.6 Å². The molecule has 0 spiro atoms. The molecule has 0 heterocycles. The number of anilines is 3. The van der Waals surface area contributed by atoms with Gasteiger partial charge in [0.15, 0.2) is 0 Å². The number of nitrogens with zero attached hydrogens (tertiary/aromatic N) is 1. The lowest BCUT2D eigenvalue weighted by molar-refractivity contribution is 0.0600. The Balaban J connectivity index is 1.85. The van der Waals surface area contributed by atoms with E-state index in [-0.39, 0.29) is 5.91 Å². The largest absolute Gasteiger partial charge is 0.465 e. The Morgan fingerprint density at radius 2 is 1.46 bits per heavy atom. The molecule has 1 amide bonds. The minimum Gasteiger partial charge on any atom is -0.465 e. The fraction of sp³-hybridized carbons (Fsp3) is 0.130. The molecule has 0 fully saturated rings. The molecule has 3 rings (SSSR count). The van der Waals surface area contributed by atoms with E-state index in [1.165, 1.54) is 7.11 Å². The number of para-hydroxylation sites is 3. The predicted octanol–water partition coefficient (Wildman–Crippen LogP) is 4.88. The Kier molecular flexibility index (Phi) is 6.07. The minimum absolute atomic E-state index is 0.243. The van der Waals surface area contributed by atoms with Crippen LogP contribution in [0, 0.1) is 0 Å². The normalized spacial score (nSPS) is 10.2. The van der Waals surface area contributed by atoms with E-state index in [2.05, 4.69) is 21.9 Å². The Hall–Kier alpha value is -3.60. The van der Waals surface area contributed by atoms with E-state index >= 15 is 0 Å². The molecule has 0 unspecified atom stereocenters. The highest BCUT2D eigenvalue weighted by molar-refractivity contribution is 6.06. The van der Waals surface area contributed by atoms with Crippen LogP contribution in [0.15, 0.2) is 78.9 Å². The molecule has 0 aliphatic heterocycles. The Bertz CT molecular complexity index is 953. The summed E-state index contributed by atoms with van der Waals surface area (Å²) in [6.07, 6.45) is 0. The number of hydrogen-bond donors (Lipinski definition) is 1. The average molecular weight is 374 g/mol. The SMILES string of the molecule is CCN(c1ccccc1)c1ccccc1NC(=O)c1ccc(C(=O)OC)cc1. The molecule has 0 saturated heterocycles. The van der Waals surface area contributed by atoms with Crippen LogP contribution in [0.5, 0.6) is 0 Å². The molecule has 0 saturated carbocycles. The van der Waals surface area contributed by atoms with Crippen molar-refractivity contribution >= 4 is 28.9 Å². The quantitative estimate of drug-likeness (QED) is 0.625. The highest BCUT2D eigenvalue weighted by Crippen LogP contribution is 2.32. The van der Waals surface area contributed by atoms with E-state index in [4.69, 9.17) is 0 Å². The van der Waals surface area contributed by atoms with Crippen LogP contribution < -0.4 is 10.2 Å². The van der Waals surface area contributed by atoms with E-state index in [1.807, 2.05) is 54.6 Å². The Morgan fingerprint density at radius 3 is 2.11 bits per heavy atom. The zero-order valence-corrected chi connectivity index (χ0v) is 15.9. The van der Waals surface area contributed by atoms with Crippen LogP contribution in [0.3, 0.4) is 0 Å². The lowest BCUT2D eigenvalue weighted by Crippen LogP contribution is -2.20. The van der Waals surface area contributed by atoms with Gasteiger partial charge in [0.25, 0.3) is 5.91 Å². The molecule has 0 aliphatic carbocycles. The van der Waals surface area contributed by atoms with Crippen molar-refractivity contribution in [3.05, 3.63) is 90.0 Å². The second-order valence-electron chi connectivity index (χ2n) is 6.12.